The summed E-state index contributed by atoms with van der Waals surface area (Å²) in [4.78, 5) is 22.4. The first-order valence-corrected chi connectivity index (χ1v) is 10.1. The summed E-state index contributed by atoms with van der Waals surface area (Å²) in [5, 5.41) is 9.54. The number of aryl methyl sites for hydroxylation is 1. The van der Waals surface area contributed by atoms with E-state index < -0.39 is 11.5 Å². The summed E-state index contributed by atoms with van der Waals surface area (Å²) in [5.41, 5.74) is 7.48. The highest BCUT2D eigenvalue weighted by molar-refractivity contribution is 5.93. The molecule has 0 aliphatic heterocycles. The summed E-state index contributed by atoms with van der Waals surface area (Å²) in [7, 11) is 0. The smallest absolute Gasteiger partial charge is 0.338 e. The monoisotopic (exact) mass is 431 g/mol. The van der Waals surface area contributed by atoms with Crippen LogP contribution in [0.15, 0.2) is 53.3 Å². The highest BCUT2D eigenvalue weighted by Crippen LogP contribution is 2.34. The minimum atomic E-state index is -1.27. The normalized spacial score (nSPS) is 13.5. The van der Waals surface area contributed by atoms with Crippen molar-refractivity contribution in [3.8, 4) is 11.6 Å². The third-order valence-corrected chi connectivity index (χ3v) is 5.54. The van der Waals surface area contributed by atoms with Crippen LogP contribution in [0.3, 0.4) is 0 Å². The summed E-state index contributed by atoms with van der Waals surface area (Å²) in [6, 6.07) is 11.1. The average Bonchev–Trinajstić information content (AvgIpc) is 3.52. The van der Waals surface area contributed by atoms with Gasteiger partial charge in [0.05, 0.1) is 24.5 Å². The van der Waals surface area contributed by atoms with Crippen LogP contribution in [0.4, 0.5) is 5.95 Å². The quantitative estimate of drug-likeness (QED) is 0.421. The molecule has 1 unspecified atom stereocenters. The summed E-state index contributed by atoms with van der Waals surface area (Å²) < 4.78 is 13.8. The molecule has 4 aromatic heterocycles. The molecular weight excluding hydrogens is 410 g/mol. The number of nitrogen functional groups attached to an aromatic ring is 1. The zero-order valence-electron chi connectivity index (χ0n) is 17.8. The highest BCUT2D eigenvalue weighted by atomic mass is 16.5. The summed E-state index contributed by atoms with van der Waals surface area (Å²) >= 11 is 0. The van der Waals surface area contributed by atoms with E-state index in [0.717, 1.165) is 11.1 Å². The van der Waals surface area contributed by atoms with Crippen LogP contribution in [0, 0.1) is 6.92 Å². The SMILES string of the molecule is CCOC(=O)C(C)(c1ccccc1C)n1ncc2c1nc(N)n1nc(-c3ccco3)nc21. The van der Waals surface area contributed by atoms with Crippen molar-refractivity contribution >= 4 is 28.6 Å². The third kappa shape index (κ3) is 2.76. The Hall–Kier alpha value is -4.21. The number of benzene rings is 1. The number of nitrogens with zero attached hydrogens (tertiary/aromatic N) is 6. The first kappa shape index (κ1) is 19.7. The van der Waals surface area contributed by atoms with Gasteiger partial charge in [-0.2, -0.15) is 14.6 Å². The Kier molecular flexibility index (Phi) is 4.43. The van der Waals surface area contributed by atoms with Crippen molar-refractivity contribution in [3.63, 3.8) is 0 Å². The van der Waals surface area contributed by atoms with E-state index in [1.54, 1.807) is 43.1 Å². The predicted molar refractivity (Wildman–Crippen MR) is 117 cm³/mol. The van der Waals surface area contributed by atoms with E-state index in [0.29, 0.717) is 28.3 Å². The van der Waals surface area contributed by atoms with Gasteiger partial charge in [0.15, 0.2) is 22.6 Å². The van der Waals surface area contributed by atoms with Gasteiger partial charge < -0.3 is 14.9 Å². The second-order valence-electron chi connectivity index (χ2n) is 7.52. The zero-order chi connectivity index (χ0) is 22.5. The van der Waals surface area contributed by atoms with E-state index in [9.17, 15) is 4.79 Å². The number of furan rings is 1. The molecule has 1 aromatic carbocycles. The molecule has 0 fully saturated rings. The molecule has 162 valence electrons. The van der Waals surface area contributed by atoms with E-state index >= 15 is 0 Å². The Morgan fingerprint density at radius 2 is 2.00 bits per heavy atom. The molecule has 0 radical (unpaired) electrons. The number of ether oxygens (including phenoxy) is 1. The van der Waals surface area contributed by atoms with Crippen molar-refractivity contribution in [2.45, 2.75) is 26.3 Å². The van der Waals surface area contributed by atoms with Crippen LogP contribution in [0.1, 0.15) is 25.0 Å². The van der Waals surface area contributed by atoms with Crippen molar-refractivity contribution in [3.05, 3.63) is 60.0 Å². The summed E-state index contributed by atoms with van der Waals surface area (Å²) in [6.45, 7) is 5.70. The number of carbonyl (C=O) groups is 1. The molecule has 0 saturated heterocycles. The maximum absolute atomic E-state index is 13.3. The van der Waals surface area contributed by atoms with Crippen LogP contribution in [-0.4, -0.2) is 41.9 Å². The molecular formula is C22H21N7O3. The molecule has 0 spiro atoms. The lowest BCUT2D eigenvalue weighted by Crippen LogP contribution is -2.43. The van der Waals surface area contributed by atoms with Gasteiger partial charge in [-0.3, -0.25) is 0 Å². The first-order valence-electron chi connectivity index (χ1n) is 10.1. The molecule has 10 nitrogen and oxygen atoms in total. The lowest BCUT2D eigenvalue weighted by molar-refractivity contribution is -0.151. The maximum Gasteiger partial charge on any atom is 0.338 e. The van der Waals surface area contributed by atoms with E-state index in [2.05, 4.69) is 20.2 Å². The second-order valence-corrected chi connectivity index (χ2v) is 7.52. The number of fused-ring (bicyclic) bond motifs is 3. The number of nitrogens with two attached hydrogens (primary N) is 1. The Balaban J connectivity index is 1.79. The Labute approximate surface area is 182 Å². The molecule has 5 aromatic rings. The Morgan fingerprint density at radius 3 is 2.72 bits per heavy atom. The fourth-order valence-electron chi connectivity index (χ4n) is 3.95. The maximum atomic E-state index is 13.3. The van der Waals surface area contributed by atoms with Crippen molar-refractivity contribution in [2.24, 2.45) is 0 Å². The van der Waals surface area contributed by atoms with Gasteiger partial charge in [-0.25, -0.2) is 14.5 Å². The molecule has 10 heteroatoms. The molecule has 5 rings (SSSR count). The van der Waals surface area contributed by atoms with Crippen molar-refractivity contribution in [2.75, 3.05) is 12.3 Å². The van der Waals surface area contributed by atoms with Gasteiger partial charge in [0.25, 0.3) is 0 Å². The average molecular weight is 431 g/mol. The van der Waals surface area contributed by atoms with Gasteiger partial charge in [0.1, 0.15) is 0 Å². The lowest BCUT2D eigenvalue weighted by atomic mass is 9.88. The van der Waals surface area contributed by atoms with E-state index in [4.69, 9.17) is 14.9 Å². The van der Waals surface area contributed by atoms with Crippen LogP contribution in [-0.2, 0) is 15.1 Å². The number of esters is 1. The lowest BCUT2D eigenvalue weighted by Gasteiger charge is -2.30. The minimum absolute atomic E-state index is 0.107. The standard InChI is InChI=1S/C22H21N7O3/c1-4-31-20(30)22(3,15-9-6-5-8-13(15)2)29-19-14(12-24-29)18-25-17(16-10-7-11-32-16)27-28(18)21(23)26-19/h5-12H,4H2,1-3H3,(H2,23,26). The number of rotatable bonds is 5. The number of carbonyl (C=O) groups excluding carboxylic acids is 1. The van der Waals surface area contributed by atoms with Crippen molar-refractivity contribution < 1.29 is 13.9 Å². The fraction of sp³-hybridized carbons (Fsp3) is 0.227. The summed E-state index contributed by atoms with van der Waals surface area (Å²) in [6.07, 6.45) is 3.15. The molecule has 32 heavy (non-hydrogen) atoms. The minimum Gasteiger partial charge on any atom is -0.464 e. The largest absolute Gasteiger partial charge is 0.464 e. The predicted octanol–water partition coefficient (Wildman–Crippen LogP) is 2.95. The van der Waals surface area contributed by atoms with Crippen LogP contribution < -0.4 is 5.73 Å². The van der Waals surface area contributed by atoms with Gasteiger partial charge in [0, 0.05) is 0 Å². The van der Waals surface area contributed by atoms with Crippen molar-refractivity contribution in [1.82, 2.24) is 29.4 Å². The molecule has 0 aliphatic rings. The van der Waals surface area contributed by atoms with Gasteiger partial charge in [-0.1, -0.05) is 24.3 Å². The first-order chi connectivity index (χ1) is 15.4. The Morgan fingerprint density at radius 1 is 1.19 bits per heavy atom. The number of hydrogen-bond donors (Lipinski definition) is 1. The number of aromatic nitrogens is 6. The second kappa shape index (κ2) is 7.19. The van der Waals surface area contributed by atoms with Crippen molar-refractivity contribution in [1.29, 1.82) is 0 Å². The number of hydrogen-bond acceptors (Lipinski definition) is 8. The molecule has 0 aliphatic carbocycles. The van der Waals surface area contributed by atoms with Gasteiger partial charge in [-0.05, 0) is 44.0 Å². The van der Waals surface area contributed by atoms with Gasteiger partial charge >= 0.3 is 5.97 Å². The van der Waals surface area contributed by atoms with E-state index in [-0.39, 0.29) is 12.6 Å². The van der Waals surface area contributed by atoms with Gasteiger partial charge in [0.2, 0.25) is 11.8 Å². The fourth-order valence-corrected chi connectivity index (χ4v) is 3.95. The van der Waals surface area contributed by atoms with Crippen LogP contribution in [0.5, 0.6) is 0 Å². The van der Waals surface area contributed by atoms with Crippen LogP contribution >= 0.6 is 0 Å². The molecule has 2 N–H and O–H groups in total. The molecule has 0 saturated carbocycles. The molecule has 1 atom stereocenters. The molecule has 0 bridgehead atoms. The highest BCUT2D eigenvalue weighted by Gasteiger charge is 2.42. The van der Waals surface area contributed by atoms with E-state index in [1.807, 2.05) is 31.2 Å². The van der Waals surface area contributed by atoms with E-state index in [1.165, 1.54) is 4.52 Å². The zero-order valence-corrected chi connectivity index (χ0v) is 17.8. The topological polar surface area (TPSA) is 126 Å². The van der Waals surface area contributed by atoms with Gasteiger partial charge in [-0.15, -0.1) is 5.10 Å². The number of anilines is 1. The molecule has 4 heterocycles. The van der Waals surface area contributed by atoms with Crippen LogP contribution in [0.25, 0.3) is 28.3 Å². The molecule has 0 amide bonds. The Bertz CT molecular complexity index is 1450. The van der Waals surface area contributed by atoms with Crippen LogP contribution in [0.2, 0.25) is 0 Å². The summed E-state index contributed by atoms with van der Waals surface area (Å²) in [5.74, 6) is 0.536. The third-order valence-electron chi connectivity index (χ3n) is 5.54.